The Balaban J connectivity index is 3.58. The number of alkyl halides is 13. The molecule has 0 saturated carbocycles. The second-order valence-electron chi connectivity index (χ2n) is 7.07. The largest absolute Gasteiger partial charge is 0.460 e. The summed E-state index contributed by atoms with van der Waals surface area (Å²) in [5, 5.41) is 0. The van der Waals surface area contributed by atoms with Crippen LogP contribution in [0.3, 0.4) is 0 Å². The van der Waals surface area contributed by atoms with Crippen molar-refractivity contribution in [2.24, 2.45) is 0 Å². The van der Waals surface area contributed by atoms with Crippen LogP contribution in [0.25, 0.3) is 0 Å². The molecule has 0 bridgehead atoms. The monoisotopic (exact) mass is 472 g/mol. The van der Waals surface area contributed by atoms with Crippen LogP contribution in [0.1, 0.15) is 20.3 Å². The minimum atomic E-state index is -7.95. The number of halogens is 13. The van der Waals surface area contributed by atoms with Gasteiger partial charge in [-0.2, -0.15) is 57.1 Å². The zero-order valence-corrected chi connectivity index (χ0v) is 15.3. The fraction of sp³-hybridized carbons (Fsp3) is 0.800. The summed E-state index contributed by atoms with van der Waals surface area (Å²) in [6, 6.07) is -4.95. The van der Waals surface area contributed by atoms with Gasteiger partial charge in [-0.05, 0) is 6.92 Å². The van der Waals surface area contributed by atoms with Gasteiger partial charge in [0.1, 0.15) is 0 Å². The molecule has 30 heavy (non-hydrogen) atoms. The quantitative estimate of drug-likeness (QED) is 0.209. The first-order valence-corrected chi connectivity index (χ1v) is 7.94. The highest BCUT2D eigenvalue weighted by molar-refractivity contribution is 5.88. The molecule has 0 aromatic carbocycles. The molecule has 0 aliphatic carbocycles. The smallest absolute Gasteiger partial charge is 0.239 e. The van der Waals surface area contributed by atoms with Crippen molar-refractivity contribution in [3.63, 3.8) is 0 Å². The first kappa shape index (κ1) is 26.5. The van der Waals surface area contributed by atoms with Crippen molar-refractivity contribution in [1.29, 1.82) is 0 Å². The molecule has 1 aliphatic heterocycles. The van der Waals surface area contributed by atoms with E-state index >= 15 is 0 Å². The normalized spacial score (nSPS) is 26.5. The summed E-state index contributed by atoms with van der Waals surface area (Å²) < 4.78 is 171. The Morgan fingerprint density at radius 3 is 1.47 bits per heavy atom. The number of carbonyl (C=O) groups is 1. The summed E-state index contributed by atoms with van der Waals surface area (Å²) in [4.78, 5) is 12.0. The number of amides is 1. The van der Waals surface area contributed by atoms with E-state index in [0.717, 1.165) is 13.8 Å². The maximum atomic E-state index is 14.4. The zero-order chi connectivity index (χ0) is 24.5. The van der Waals surface area contributed by atoms with E-state index in [1.54, 1.807) is 0 Å². The molecule has 1 fully saturated rings. The van der Waals surface area contributed by atoms with Crippen molar-refractivity contribution in [3.05, 3.63) is 12.2 Å². The van der Waals surface area contributed by atoms with E-state index in [1.165, 1.54) is 0 Å². The van der Waals surface area contributed by atoms with Gasteiger partial charge in [0.05, 0.1) is 7.05 Å². The van der Waals surface area contributed by atoms with Gasteiger partial charge in [-0.15, -0.1) is 0 Å². The molecule has 1 amide bonds. The number of carbonyl (C=O) groups excluding carboxylic acids is 1. The Hall–Kier alpha value is -1.54. The Morgan fingerprint density at radius 1 is 0.800 bits per heavy atom. The fourth-order valence-corrected chi connectivity index (χ4v) is 3.36. The minimum absolute atomic E-state index is 0.502. The van der Waals surface area contributed by atoms with Gasteiger partial charge in [-0.3, -0.25) is 0 Å². The Bertz CT molecular complexity index is 727. The third-order valence-corrected chi connectivity index (χ3v) is 5.09. The molecular weight excluding hydrogens is 457 g/mol. The summed E-state index contributed by atoms with van der Waals surface area (Å²) in [5.41, 5.74) is -0.502. The first-order valence-electron chi connectivity index (χ1n) is 7.94. The van der Waals surface area contributed by atoms with E-state index in [4.69, 9.17) is 0 Å². The summed E-state index contributed by atoms with van der Waals surface area (Å²) in [6.07, 6.45) is -8.01. The van der Waals surface area contributed by atoms with Crippen molar-refractivity contribution in [2.75, 3.05) is 7.05 Å². The van der Waals surface area contributed by atoms with Crippen LogP contribution in [0.5, 0.6) is 0 Å². The minimum Gasteiger partial charge on any atom is -0.239 e. The molecule has 2 nitrogen and oxygen atoms in total. The molecule has 15 heteroatoms. The lowest BCUT2D eigenvalue weighted by Crippen LogP contribution is -2.71. The second kappa shape index (κ2) is 6.73. The summed E-state index contributed by atoms with van der Waals surface area (Å²) >= 11 is 0. The van der Waals surface area contributed by atoms with Gasteiger partial charge in [0, 0.05) is 12.0 Å². The topological polar surface area (TPSA) is 17.1 Å². The number of hydrogen-bond acceptors (Lipinski definition) is 1. The first-order chi connectivity index (χ1) is 12.9. The molecule has 3 unspecified atom stereocenters. The number of rotatable bonds is 7. The van der Waals surface area contributed by atoms with E-state index in [9.17, 15) is 61.9 Å². The highest BCUT2D eigenvalue weighted by atomic mass is 19.4. The summed E-state index contributed by atoms with van der Waals surface area (Å²) in [5.74, 6) is -38.6. The number of likely N-dealkylation sites (N-methyl/N-ethyl adjacent to an activating group) is 1. The van der Waals surface area contributed by atoms with Gasteiger partial charge in [0.2, 0.25) is 6.04 Å². The van der Waals surface area contributed by atoms with Crippen molar-refractivity contribution in [2.45, 2.75) is 68.1 Å². The van der Waals surface area contributed by atoms with Gasteiger partial charge in [-0.1, -0.05) is 13.5 Å². The Labute approximate surface area is 160 Å². The third kappa shape index (κ3) is 3.01. The van der Waals surface area contributed by atoms with Crippen molar-refractivity contribution in [3.8, 4) is 0 Å². The highest BCUT2D eigenvalue weighted by Crippen LogP contribution is 2.64. The summed E-state index contributed by atoms with van der Waals surface area (Å²) in [6.45, 7) is 5.05. The van der Waals surface area contributed by atoms with E-state index < -0.39 is 70.3 Å². The standard InChI is InChI=1S/C15H15F13NO/c1-5-7-8(29(7,4)9(30)6(2)3)10(16,17)11(18,19)12(20,21)13(22,23)14(24,25)15(26,27)28/h7-8H,2,5H2,1,3-4H3/q+1. The van der Waals surface area contributed by atoms with Crippen LogP contribution < -0.4 is 0 Å². The van der Waals surface area contributed by atoms with Crippen molar-refractivity contribution < 1.29 is 66.4 Å². The van der Waals surface area contributed by atoms with Gasteiger partial charge in [0.25, 0.3) is 0 Å². The molecule has 0 aromatic rings. The number of nitrogens with zero attached hydrogens (tertiary/aromatic N) is 1. The number of quaternary nitrogens is 1. The van der Waals surface area contributed by atoms with Gasteiger partial charge in [-0.25, -0.2) is 9.28 Å². The second-order valence-corrected chi connectivity index (χ2v) is 7.07. The average Bonchev–Trinajstić information content (AvgIpc) is 3.18. The molecular formula is C15H15F13NO+. The third-order valence-electron chi connectivity index (χ3n) is 5.09. The van der Waals surface area contributed by atoms with Crippen LogP contribution in [0, 0.1) is 0 Å². The fourth-order valence-electron chi connectivity index (χ4n) is 3.36. The van der Waals surface area contributed by atoms with Crippen molar-refractivity contribution in [1.82, 2.24) is 0 Å². The molecule has 176 valence electrons. The summed E-state index contributed by atoms with van der Waals surface area (Å²) in [7, 11) is 0.570. The molecule has 1 rings (SSSR count). The van der Waals surface area contributed by atoms with Gasteiger partial charge >= 0.3 is 41.7 Å². The maximum Gasteiger partial charge on any atom is 0.460 e. The lowest BCUT2D eigenvalue weighted by molar-refractivity contribution is -0.732. The van der Waals surface area contributed by atoms with Gasteiger partial charge in [0.15, 0.2) is 6.04 Å². The van der Waals surface area contributed by atoms with E-state index in [0.29, 0.717) is 7.05 Å². The molecule has 0 radical (unpaired) electrons. The van der Waals surface area contributed by atoms with Crippen LogP contribution in [-0.2, 0) is 4.79 Å². The average molecular weight is 472 g/mol. The van der Waals surface area contributed by atoms with Gasteiger partial charge < -0.3 is 0 Å². The lowest BCUT2D eigenvalue weighted by Gasteiger charge is -2.39. The number of hydrogen-bond donors (Lipinski definition) is 0. The predicted molar refractivity (Wildman–Crippen MR) is 74.7 cm³/mol. The lowest BCUT2D eigenvalue weighted by atomic mass is 9.91. The highest BCUT2D eigenvalue weighted by Gasteiger charge is 2.95. The van der Waals surface area contributed by atoms with Crippen LogP contribution in [0.4, 0.5) is 57.1 Å². The zero-order valence-electron chi connectivity index (χ0n) is 15.3. The van der Waals surface area contributed by atoms with Crippen LogP contribution in [0.2, 0.25) is 0 Å². The molecule has 0 aromatic heterocycles. The van der Waals surface area contributed by atoms with Crippen molar-refractivity contribution >= 4 is 5.91 Å². The van der Waals surface area contributed by atoms with Crippen LogP contribution in [-0.4, -0.2) is 65.3 Å². The maximum absolute atomic E-state index is 14.4. The van der Waals surface area contributed by atoms with Crippen LogP contribution in [0.15, 0.2) is 12.2 Å². The Morgan fingerprint density at radius 2 is 1.17 bits per heavy atom. The molecule has 1 aliphatic rings. The predicted octanol–water partition coefficient (Wildman–Crippen LogP) is 5.44. The van der Waals surface area contributed by atoms with Crippen LogP contribution >= 0.6 is 0 Å². The molecule has 3 atom stereocenters. The molecule has 1 saturated heterocycles. The molecule has 0 spiro atoms. The molecule has 0 N–H and O–H groups in total. The van der Waals surface area contributed by atoms with E-state index in [1.807, 2.05) is 0 Å². The SMILES string of the molecule is C=C(C)C(=O)[N+]1(C)C(CC)C1C(F)(F)C(F)(F)C(F)(F)C(F)(F)C(F)(F)C(F)(F)F. The molecule has 1 heterocycles. The Kier molecular flexibility index (Phi) is 5.94. The van der Waals surface area contributed by atoms with E-state index in [2.05, 4.69) is 6.58 Å². The van der Waals surface area contributed by atoms with E-state index in [-0.39, 0.29) is 0 Å².